The molecule has 1 aliphatic rings. The number of hydrogen-bond donors (Lipinski definition) is 1. The highest BCUT2D eigenvalue weighted by molar-refractivity contribution is 5.77. The number of likely N-dealkylation sites (tertiary alicyclic amines) is 1. The number of rotatable bonds is 7. The normalized spacial score (nSPS) is 19.8. The van der Waals surface area contributed by atoms with Crippen LogP contribution in [0.1, 0.15) is 38.7 Å². The average molecular weight is 345 g/mol. The molecule has 0 saturated carbocycles. The minimum atomic E-state index is -0.0126. The van der Waals surface area contributed by atoms with Crippen LogP contribution in [0.3, 0.4) is 0 Å². The fraction of sp³-hybridized carbons (Fsp3) is 0.600. The second-order valence-corrected chi connectivity index (χ2v) is 7.22. The van der Waals surface area contributed by atoms with Crippen molar-refractivity contribution in [3.8, 4) is 0 Å². The van der Waals surface area contributed by atoms with Crippen molar-refractivity contribution >= 4 is 17.5 Å². The molecule has 0 aliphatic carbocycles. The van der Waals surface area contributed by atoms with Gasteiger partial charge in [-0.15, -0.1) is 0 Å². The van der Waals surface area contributed by atoms with Gasteiger partial charge in [-0.3, -0.25) is 9.59 Å². The maximum absolute atomic E-state index is 12.6. The molecule has 0 spiro atoms. The van der Waals surface area contributed by atoms with Crippen molar-refractivity contribution < 1.29 is 9.59 Å². The number of nitrogens with zero attached hydrogens (tertiary/aromatic N) is 2. The smallest absolute Gasteiger partial charge is 0.222 e. The SMILES string of the molecule is CCC[C@H]1CN(C(=O)CCc2ccc(N(C)C)cc2)C[C@@H]1NC(C)=O. The van der Waals surface area contributed by atoms with Gasteiger partial charge in [0.25, 0.3) is 0 Å². The summed E-state index contributed by atoms with van der Waals surface area (Å²) in [6.45, 7) is 5.09. The number of anilines is 1. The van der Waals surface area contributed by atoms with E-state index in [0.717, 1.165) is 31.5 Å². The van der Waals surface area contributed by atoms with Gasteiger partial charge in [-0.05, 0) is 36.5 Å². The van der Waals surface area contributed by atoms with Crippen LogP contribution in [0.2, 0.25) is 0 Å². The fourth-order valence-electron chi connectivity index (χ4n) is 3.53. The molecule has 138 valence electrons. The Kier molecular flexibility index (Phi) is 6.85. The number of aryl methyl sites for hydroxylation is 1. The Hall–Kier alpha value is -2.04. The van der Waals surface area contributed by atoms with E-state index >= 15 is 0 Å². The van der Waals surface area contributed by atoms with E-state index in [1.807, 2.05) is 19.0 Å². The Labute approximate surface area is 151 Å². The maximum atomic E-state index is 12.6. The van der Waals surface area contributed by atoms with Gasteiger partial charge >= 0.3 is 0 Å². The predicted molar refractivity (Wildman–Crippen MR) is 102 cm³/mol. The van der Waals surface area contributed by atoms with Crippen molar-refractivity contribution in [3.63, 3.8) is 0 Å². The molecule has 0 unspecified atom stereocenters. The highest BCUT2D eigenvalue weighted by Crippen LogP contribution is 2.23. The summed E-state index contributed by atoms with van der Waals surface area (Å²) in [5.74, 6) is 0.546. The van der Waals surface area contributed by atoms with Crippen LogP contribution >= 0.6 is 0 Å². The van der Waals surface area contributed by atoms with Crippen molar-refractivity contribution in [2.45, 2.75) is 45.6 Å². The molecule has 0 aromatic heterocycles. The lowest BCUT2D eigenvalue weighted by Crippen LogP contribution is -2.39. The minimum absolute atomic E-state index is 0.0126. The van der Waals surface area contributed by atoms with Crippen LogP contribution in [0, 0.1) is 5.92 Å². The van der Waals surface area contributed by atoms with Crippen LogP contribution in [-0.4, -0.2) is 49.9 Å². The number of carbonyl (C=O) groups is 2. The molecule has 1 aromatic rings. The van der Waals surface area contributed by atoms with Crippen molar-refractivity contribution in [1.29, 1.82) is 0 Å². The van der Waals surface area contributed by atoms with Gasteiger partial charge in [0.05, 0.1) is 6.04 Å². The Balaban J connectivity index is 1.88. The van der Waals surface area contributed by atoms with E-state index in [4.69, 9.17) is 0 Å². The first-order chi connectivity index (χ1) is 11.9. The third kappa shape index (κ3) is 5.48. The molecule has 5 heteroatoms. The Morgan fingerprint density at radius 1 is 1.20 bits per heavy atom. The summed E-state index contributed by atoms with van der Waals surface area (Å²) in [6.07, 6.45) is 3.39. The molecule has 1 aromatic carbocycles. The molecular weight excluding hydrogens is 314 g/mol. The molecule has 1 heterocycles. The lowest BCUT2D eigenvalue weighted by Gasteiger charge is -2.17. The second-order valence-electron chi connectivity index (χ2n) is 7.22. The van der Waals surface area contributed by atoms with Gasteiger partial charge in [-0.1, -0.05) is 25.5 Å². The van der Waals surface area contributed by atoms with Gasteiger partial charge < -0.3 is 15.1 Å². The number of amides is 2. The summed E-state index contributed by atoms with van der Waals surface area (Å²) in [6, 6.07) is 8.44. The summed E-state index contributed by atoms with van der Waals surface area (Å²) in [7, 11) is 4.04. The highest BCUT2D eigenvalue weighted by atomic mass is 16.2. The molecular formula is C20H31N3O2. The van der Waals surface area contributed by atoms with Gasteiger partial charge in [0.2, 0.25) is 11.8 Å². The molecule has 0 bridgehead atoms. The van der Waals surface area contributed by atoms with E-state index in [9.17, 15) is 9.59 Å². The topological polar surface area (TPSA) is 52.7 Å². The lowest BCUT2D eigenvalue weighted by atomic mass is 9.98. The first-order valence-corrected chi connectivity index (χ1v) is 9.21. The lowest BCUT2D eigenvalue weighted by molar-refractivity contribution is -0.130. The number of benzene rings is 1. The van der Waals surface area contributed by atoms with Crippen molar-refractivity contribution in [2.75, 3.05) is 32.1 Å². The van der Waals surface area contributed by atoms with Gasteiger partial charge in [-0.2, -0.15) is 0 Å². The number of carbonyl (C=O) groups excluding carboxylic acids is 2. The average Bonchev–Trinajstić information content (AvgIpc) is 2.95. The van der Waals surface area contributed by atoms with Crippen LogP contribution in [0.25, 0.3) is 0 Å². The quantitative estimate of drug-likeness (QED) is 0.826. The van der Waals surface area contributed by atoms with Gasteiger partial charge in [-0.25, -0.2) is 0 Å². The van der Waals surface area contributed by atoms with E-state index < -0.39 is 0 Å². The van der Waals surface area contributed by atoms with Crippen molar-refractivity contribution in [2.24, 2.45) is 5.92 Å². The van der Waals surface area contributed by atoms with Crippen LogP contribution in [0.5, 0.6) is 0 Å². The summed E-state index contributed by atoms with van der Waals surface area (Å²) >= 11 is 0. The first kappa shape index (κ1) is 19.3. The van der Waals surface area contributed by atoms with Crippen LogP contribution < -0.4 is 10.2 Å². The zero-order valence-corrected chi connectivity index (χ0v) is 15.9. The molecule has 25 heavy (non-hydrogen) atoms. The van der Waals surface area contributed by atoms with Crippen molar-refractivity contribution in [3.05, 3.63) is 29.8 Å². The third-order valence-electron chi connectivity index (χ3n) is 4.92. The zero-order chi connectivity index (χ0) is 18.4. The standard InChI is InChI=1S/C20H31N3O2/c1-5-6-17-13-23(14-19(17)21-15(2)24)20(25)12-9-16-7-10-18(11-8-16)22(3)4/h7-8,10-11,17,19H,5-6,9,12-14H2,1-4H3,(H,21,24)/t17-,19-/m0/s1. The van der Waals surface area contributed by atoms with E-state index in [1.54, 1.807) is 6.92 Å². The van der Waals surface area contributed by atoms with Crippen LogP contribution in [0.15, 0.2) is 24.3 Å². The van der Waals surface area contributed by atoms with Gasteiger partial charge in [0.15, 0.2) is 0 Å². The monoisotopic (exact) mass is 345 g/mol. The molecule has 2 atom stereocenters. The largest absolute Gasteiger partial charge is 0.378 e. The zero-order valence-electron chi connectivity index (χ0n) is 15.9. The van der Waals surface area contributed by atoms with E-state index in [1.165, 1.54) is 5.56 Å². The summed E-state index contributed by atoms with van der Waals surface area (Å²) < 4.78 is 0. The second kappa shape index (κ2) is 8.88. The number of hydrogen-bond acceptors (Lipinski definition) is 3. The van der Waals surface area contributed by atoms with E-state index in [-0.39, 0.29) is 17.9 Å². The Bertz CT molecular complexity index is 583. The molecule has 2 amide bonds. The minimum Gasteiger partial charge on any atom is -0.378 e. The summed E-state index contributed by atoms with van der Waals surface area (Å²) in [5.41, 5.74) is 2.34. The van der Waals surface area contributed by atoms with Gasteiger partial charge in [0.1, 0.15) is 0 Å². The first-order valence-electron chi connectivity index (χ1n) is 9.21. The molecule has 2 rings (SSSR count). The molecule has 1 saturated heterocycles. The van der Waals surface area contributed by atoms with Crippen LogP contribution in [-0.2, 0) is 16.0 Å². The Morgan fingerprint density at radius 3 is 2.44 bits per heavy atom. The van der Waals surface area contributed by atoms with Crippen molar-refractivity contribution in [1.82, 2.24) is 10.2 Å². The number of nitrogens with one attached hydrogen (secondary N) is 1. The molecule has 1 aliphatic heterocycles. The fourth-order valence-corrected chi connectivity index (χ4v) is 3.53. The maximum Gasteiger partial charge on any atom is 0.222 e. The van der Waals surface area contributed by atoms with Gasteiger partial charge in [0, 0.05) is 46.2 Å². The van der Waals surface area contributed by atoms with E-state index in [2.05, 4.69) is 41.4 Å². The molecule has 1 N–H and O–H groups in total. The summed E-state index contributed by atoms with van der Waals surface area (Å²) in [5, 5.41) is 3.01. The third-order valence-corrected chi connectivity index (χ3v) is 4.92. The van der Waals surface area contributed by atoms with Crippen LogP contribution in [0.4, 0.5) is 5.69 Å². The molecule has 1 fully saturated rings. The molecule has 0 radical (unpaired) electrons. The van der Waals surface area contributed by atoms with E-state index in [0.29, 0.717) is 18.9 Å². The summed E-state index contributed by atoms with van der Waals surface area (Å²) in [4.78, 5) is 28.0. The highest BCUT2D eigenvalue weighted by Gasteiger charge is 2.34. The Morgan fingerprint density at radius 2 is 1.88 bits per heavy atom. The predicted octanol–water partition coefficient (Wildman–Crippen LogP) is 2.45. The molecule has 5 nitrogen and oxygen atoms in total.